The molecular formula is C23H36N4O2. The second-order valence-corrected chi connectivity index (χ2v) is 9.74. The normalized spacial score (nSPS) is 21.1. The van der Waals surface area contributed by atoms with Crippen LogP contribution in [-0.2, 0) is 0 Å². The highest BCUT2D eigenvalue weighted by molar-refractivity contribution is 5.98. The third kappa shape index (κ3) is 5.10. The van der Waals surface area contributed by atoms with Crippen LogP contribution in [-0.4, -0.2) is 53.6 Å². The van der Waals surface area contributed by atoms with Crippen LogP contribution in [0.1, 0.15) is 70.7 Å². The van der Waals surface area contributed by atoms with Gasteiger partial charge in [-0.15, -0.1) is 0 Å². The minimum atomic E-state index is -0.0979. The van der Waals surface area contributed by atoms with Crippen LogP contribution in [0.15, 0.2) is 24.3 Å². The molecule has 0 aromatic heterocycles. The Morgan fingerprint density at radius 1 is 1.21 bits per heavy atom. The Morgan fingerprint density at radius 2 is 1.90 bits per heavy atom. The summed E-state index contributed by atoms with van der Waals surface area (Å²) < 4.78 is 0. The maximum absolute atomic E-state index is 13.6. The van der Waals surface area contributed by atoms with Crippen molar-refractivity contribution in [3.8, 4) is 0 Å². The lowest BCUT2D eigenvalue weighted by Crippen LogP contribution is -2.62. The molecule has 2 aliphatic heterocycles. The zero-order chi connectivity index (χ0) is 21.2. The predicted octanol–water partition coefficient (Wildman–Crippen LogP) is 3.77. The van der Waals surface area contributed by atoms with E-state index >= 15 is 0 Å². The second-order valence-electron chi connectivity index (χ2n) is 9.74. The Bertz CT molecular complexity index is 743. The lowest BCUT2D eigenvalue weighted by Gasteiger charge is -2.49. The van der Waals surface area contributed by atoms with Crippen LogP contribution in [0.3, 0.4) is 0 Å². The standard InChI is InChI=1S/C23H36N4O2/c1-6-7-12-26(19-15-22(2,3)25-23(4,5)16-19)20(28)17-9-8-10-18(14-17)27-13-11-24-21(27)29/h8-10,14,19,25H,6-7,11-13,15-16H2,1-5H3,(H,24,29). The third-order valence-corrected chi connectivity index (χ3v) is 5.88. The van der Waals surface area contributed by atoms with Crippen LogP contribution in [0.25, 0.3) is 0 Å². The molecule has 1 aromatic rings. The fraction of sp³-hybridized carbons (Fsp3) is 0.652. The second kappa shape index (κ2) is 8.34. The molecule has 2 heterocycles. The van der Waals surface area contributed by atoms with Gasteiger partial charge in [0, 0.05) is 48.0 Å². The molecule has 2 fully saturated rings. The van der Waals surface area contributed by atoms with Crippen molar-refractivity contribution in [1.29, 1.82) is 0 Å². The molecule has 2 aliphatic rings. The van der Waals surface area contributed by atoms with E-state index in [4.69, 9.17) is 0 Å². The number of nitrogens with zero attached hydrogens (tertiary/aromatic N) is 2. The SMILES string of the molecule is CCCCN(C(=O)c1cccc(N2CCNC2=O)c1)C1CC(C)(C)NC(C)(C)C1. The van der Waals surface area contributed by atoms with E-state index in [0.29, 0.717) is 18.7 Å². The summed E-state index contributed by atoms with van der Waals surface area (Å²) in [6.45, 7) is 13.1. The van der Waals surface area contributed by atoms with Gasteiger partial charge in [-0.1, -0.05) is 19.4 Å². The number of carbonyl (C=O) groups is 2. The smallest absolute Gasteiger partial charge is 0.321 e. The average Bonchev–Trinajstić information content (AvgIpc) is 3.05. The summed E-state index contributed by atoms with van der Waals surface area (Å²) in [5, 5.41) is 6.54. The third-order valence-electron chi connectivity index (χ3n) is 5.88. The number of carbonyl (C=O) groups excluding carboxylic acids is 2. The topological polar surface area (TPSA) is 64.7 Å². The van der Waals surface area contributed by atoms with Gasteiger partial charge in [0.1, 0.15) is 0 Å². The number of rotatable bonds is 6. The summed E-state index contributed by atoms with van der Waals surface area (Å²) >= 11 is 0. The van der Waals surface area contributed by atoms with Gasteiger partial charge in [0.15, 0.2) is 0 Å². The Hall–Kier alpha value is -2.08. The van der Waals surface area contributed by atoms with Gasteiger partial charge in [0.25, 0.3) is 5.91 Å². The van der Waals surface area contributed by atoms with Gasteiger partial charge in [0.2, 0.25) is 0 Å². The highest BCUT2D eigenvalue weighted by Crippen LogP contribution is 2.33. The number of piperidine rings is 1. The van der Waals surface area contributed by atoms with Crippen LogP contribution in [0.4, 0.5) is 10.5 Å². The van der Waals surface area contributed by atoms with Gasteiger partial charge < -0.3 is 15.5 Å². The summed E-state index contributed by atoms with van der Waals surface area (Å²) in [4.78, 5) is 29.4. The van der Waals surface area contributed by atoms with E-state index in [1.54, 1.807) is 4.90 Å². The number of urea groups is 1. The van der Waals surface area contributed by atoms with Crippen molar-refractivity contribution in [1.82, 2.24) is 15.5 Å². The maximum Gasteiger partial charge on any atom is 0.321 e. The van der Waals surface area contributed by atoms with Crippen LogP contribution in [0.2, 0.25) is 0 Å². The zero-order valence-corrected chi connectivity index (χ0v) is 18.5. The summed E-state index contributed by atoms with van der Waals surface area (Å²) in [7, 11) is 0. The molecule has 1 aromatic carbocycles. The van der Waals surface area contributed by atoms with E-state index in [0.717, 1.165) is 37.9 Å². The van der Waals surface area contributed by atoms with Crippen molar-refractivity contribution in [3.63, 3.8) is 0 Å². The van der Waals surface area contributed by atoms with E-state index in [1.165, 1.54) is 0 Å². The number of hydrogen-bond acceptors (Lipinski definition) is 3. The number of nitrogens with one attached hydrogen (secondary N) is 2. The molecule has 0 spiro atoms. The quantitative estimate of drug-likeness (QED) is 0.764. The first-order valence-corrected chi connectivity index (χ1v) is 10.9. The zero-order valence-electron chi connectivity index (χ0n) is 18.5. The fourth-order valence-electron chi connectivity index (χ4n) is 4.96. The van der Waals surface area contributed by atoms with Gasteiger partial charge >= 0.3 is 6.03 Å². The predicted molar refractivity (Wildman–Crippen MR) is 117 cm³/mol. The molecule has 3 rings (SSSR count). The molecule has 2 saturated heterocycles. The Labute approximate surface area is 175 Å². The molecule has 6 nitrogen and oxygen atoms in total. The molecular weight excluding hydrogens is 364 g/mol. The Kier molecular flexibility index (Phi) is 6.22. The van der Waals surface area contributed by atoms with E-state index in [9.17, 15) is 9.59 Å². The summed E-state index contributed by atoms with van der Waals surface area (Å²) in [5.74, 6) is 0.0680. The first-order chi connectivity index (χ1) is 13.6. The van der Waals surface area contributed by atoms with Crippen LogP contribution < -0.4 is 15.5 Å². The van der Waals surface area contributed by atoms with Gasteiger partial charge in [0.05, 0.1) is 0 Å². The van der Waals surface area contributed by atoms with E-state index in [1.807, 2.05) is 24.3 Å². The molecule has 29 heavy (non-hydrogen) atoms. The minimum absolute atomic E-state index is 0.0212. The van der Waals surface area contributed by atoms with Crippen LogP contribution >= 0.6 is 0 Å². The van der Waals surface area contributed by atoms with Crippen LogP contribution in [0.5, 0.6) is 0 Å². The Balaban J connectivity index is 1.87. The first-order valence-electron chi connectivity index (χ1n) is 10.9. The molecule has 6 heteroatoms. The van der Waals surface area contributed by atoms with Crippen molar-refractivity contribution < 1.29 is 9.59 Å². The van der Waals surface area contributed by atoms with Gasteiger partial charge in [-0.25, -0.2) is 4.79 Å². The molecule has 160 valence electrons. The van der Waals surface area contributed by atoms with Gasteiger partial charge in [-0.2, -0.15) is 0 Å². The van der Waals surface area contributed by atoms with E-state index < -0.39 is 0 Å². The van der Waals surface area contributed by atoms with Crippen molar-refractivity contribution in [2.24, 2.45) is 0 Å². The van der Waals surface area contributed by atoms with E-state index in [-0.39, 0.29) is 29.1 Å². The highest BCUT2D eigenvalue weighted by atomic mass is 16.2. The number of hydrogen-bond donors (Lipinski definition) is 2. The van der Waals surface area contributed by atoms with Crippen LogP contribution in [0, 0.1) is 0 Å². The van der Waals surface area contributed by atoms with Gasteiger partial charge in [-0.05, 0) is 65.2 Å². The average molecular weight is 401 g/mol. The number of benzene rings is 1. The molecule has 0 bridgehead atoms. The Morgan fingerprint density at radius 3 is 2.48 bits per heavy atom. The van der Waals surface area contributed by atoms with Crippen molar-refractivity contribution in [2.75, 3.05) is 24.5 Å². The number of amides is 3. The monoisotopic (exact) mass is 400 g/mol. The van der Waals surface area contributed by atoms with Crippen molar-refractivity contribution in [2.45, 2.75) is 77.4 Å². The maximum atomic E-state index is 13.6. The molecule has 0 atom stereocenters. The van der Waals surface area contributed by atoms with Crippen molar-refractivity contribution in [3.05, 3.63) is 29.8 Å². The highest BCUT2D eigenvalue weighted by Gasteiger charge is 2.41. The van der Waals surface area contributed by atoms with E-state index in [2.05, 4.69) is 50.2 Å². The summed E-state index contributed by atoms with van der Waals surface area (Å²) in [6, 6.07) is 7.61. The molecule has 3 amide bonds. The minimum Gasteiger partial charge on any atom is -0.336 e. The lowest BCUT2D eigenvalue weighted by molar-refractivity contribution is 0.0441. The fourth-order valence-corrected chi connectivity index (χ4v) is 4.96. The molecule has 0 aliphatic carbocycles. The molecule has 0 radical (unpaired) electrons. The number of anilines is 1. The molecule has 0 unspecified atom stereocenters. The van der Waals surface area contributed by atoms with Crippen molar-refractivity contribution >= 4 is 17.6 Å². The summed E-state index contributed by atoms with van der Waals surface area (Å²) in [5.41, 5.74) is 1.40. The largest absolute Gasteiger partial charge is 0.336 e. The lowest BCUT2D eigenvalue weighted by atomic mass is 9.78. The number of unbranched alkanes of at least 4 members (excludes halogenated alkanes) is 1. The molecule has 2 N–H and O–H groups in total. The van der Waals surface area contributed by atoms with Gasteiger partial charge in [-0.3, -0.25) is 9.69 Å². The first kappa shape index (κ1) is 21.6. The molecule has 0 saturated carbocycles. The summed E-state index contributed by atoms with van der Waals surface area (Å²) in [6.07, 6.45) is 3.90.